The molecule has 1 amide bonds. The maximum atomic E-state index is 12.5. The van der Waals surface area contributed by atoms with Crippen molar-refractivity contribution in [3.63, 3.8) is 0 Å². The van der Waals surface area contributed by atoms with Crippen molar-refractivity contribution in [3.05, 3.63) is 41.4 Å². The highest BCUT2D eigenvalue weighted by Crippen LogP contribution is 2.56. The fourth-order valence-corrected chi connectivity index (χ4v) is 9.61. The summed E-state index contributed by atoms with van der Waals surface area (Å²) < 4.78 is 6.69. The summed E-state index contributed by atoms with van der Waals surface area (Å²) in [6, 6.07) is 9.24. The van der Waals surface area contributed by atoms with Gasteiger partial charge < -0.3 is 14.5 Å². The minimum atomic E-state index is -0.241. The molecule has 1 aliphatic carbocycles. The Morgan fingerprint density at radius 2 is 2.17 bits per heavy atom. The van der Waals surface area contributed by atoms with Gasteiger partial charge in [-0.1, -0.05) is 30.3 Å². The zero-order chi connectivity index (χ0) is 27.9. The van der Waals surface area contributed by atoms with Crippen LogP contribution < -0.4 is 10.6 Å². The third-order valence-electron chi connectivity index (χ3n) is 9.83. The molecule has 0 radical (unpaired) electrons. The number of nitriles is 1. The Bertz CT molecular complexity index is 1160. The Balaban J connectivity index is 1.21. The van der Waals surface area contributed by atoms with Gasteiger partial charge in [-0.15, -0.1) is 11.8 Å². The van der Waals surface area contributed by atoms with E-state index < -0.39 is 0 Å². The van der Waals surface area contributed by atoms with E-state index in [1.165, 1.54) is 29.4 Å². The number of likely N-dealkylation sites (N-methyl/N-ethyl adjacent to an activating group) is 1. The highest BCUT2D eigenvalue weighted by Gasteiger charge is 2.51. The smallest absolute Gasteiger partial charge is 0.246 e. The molecule has 0 aromatic heterocycles. The first-order valence-electron chi connectivity index (χ1n) is 14.7. The number of fused-ring (bicyclic) bond motifs is 2. The number of likely N-dealkylation sites (tertiary alicyclic amines) is 1. The second-order valence-electron chi connectivity index (χ2n) is 12.2. The van der Waals surface area contributed by atoms with Crippen LogP contribution in [0.25, 0.3) is 0 Å². The summed E-state index contributed by atoms with van der Waals surface area (Å²) in [6.07, 6.45) is 8.32. The number of hydrogen-bond acceptors (Lipinski definition) is 8. The van der Waals surface area contributed by atoms with Crippen LogP contribution in [0.5, 0.6) is 0 Å². The predicted octanol–water partition coefficient (Wildman–Crippen LogP) is 3.42. The van der Waals surface area contributed by atoms with E-state index in [0.717, 1.165) is 43.8 Å². The molecule has 4 fully saturated rings. The Hall–Kier alpha value is -1.64. The van der Waals surface area contributed by atoms with Crippen LogP contribution in [0.4, 0.5) is 0 Å². The summed E-state index contributed by atoms with van der Waals surface area (Å²) in [5.74, 6) is 0.317. The van der Waals surface area contributed by atoms with E-state index in [9.17, 15) is 10.1 Å². The number of nitrogens with zero attached hydrogens (tertiary/aromatic N) is 4. The summed E-state index contributed by atoms with van der Waals surface area (Å²) in [6.45, 7) is 7.55. The topological polar surface area (TPSA) is 83.9 Å². The van der Waals surface area contributed by atoms with Crippen molar-refractivity contribution in [2.75, 3.05) is 39.8 Å². The number of thioether (sulfide) groups is 1. The van der Waals surface area contributed by atoms with Crippen LogP contribution in [-0.4, -0.2) is 95.8 Å². The first-order chi connectivity index (χ1) is 19.4. The van der Waals surface area contributed by atoms with Gasteiger partial charge >= 0.3 is 0 Å². The van der Waals surface area contributed by atoms with Gasteiger partial charge in [-0.05, 0) is 69.8 Å². The Labute approximate surface area is 247 Å². The quantitative estimate of drug-likeness (QED) is 0.492. The van der Waals surface area contributed by atoms with Gasteiger partial charge in [0.2, 0.25) is 5.91 Å². The van der Waals surface area contributed by atoms with E-state index in [1.807, 2.05) is 22.7 Å². The molecular weight excluding hydrogens is 544 g/mol. The number of nitrogens with one attached hydrogen (secondary N) is 2. The monoisotopic (exact) mass is 584 g/mol. The lowest BCUT2D eigenvalue weighted by molar-refractivity contribution is -0.135. The van der Waals surface area contributed by atoms with Crippen LogP contribution in [0.3, 0.4) is 0 Å². The molecule has 7 atom stereocenters. The number of piperazine rings is 1. The average Bonchev–Trinajstić information content (AvgIpc) is 3.54. The molecule has 1 spiro atoms. The van der Waals surface area contributed by atoms with E-state index in [1.54, 1.807) is 0 Å². The number of ether oxygens (including phenoxy) is 1. The fraction of sp³-hybridized carbons (Fsp3) is 0.667. The average molecular weight is 585 g/mol. The molecule has 4 heterocycles. The fourth-order valence-electron chi connectivity index (χ4n) is 7.72. The first kappa shape index (κ1) is 28.5. The number of rotatable bonds is 6. The molecule has 0 bridgehead atoms. The van der Waals surface area contributed by atoms with Gasteiger partial charge in [0.25, 0.3) is 0 Å². The second-order valence-corrected chi connectivity index (χ2v) is 14.1. The van der Waals surface area contributed by atoms with Crippen molar-refractivity contribution in [1.82, 2.24) is 25.3 Å². The molecule has 1 aromatic carbocycles. The molecule has 8 nitrogen and oxygen atoms in total. The summed E-state index contributed by atoms with van der Waals surface area (Å²) in [5.41, 5.74) is 1.38. The molecule has 1 aromatic rings. The summed E-state index contributed by atoms with van der Waals surface area (Å²) >= 11 is 8.61. The summed E-state index contributed by atoms with van der Waals surface area (Å²) in [5, 5.41) is 18.1. The molecule has 216 valence electrons. The minimum absolute atomic E-state index is 0.0889. The largest absolute Gasteiger partial charge is 0.348 e. The molecule has 40 heavy (non-hydrogen) atoms. The normalized spacial score (nSPS) is 36.3. The lowest BCUT2D eigenvalue weighted by atomic mass is 9.73. The van der Waals surface area contributed by atoms with Gasteiger partial charge in [0.05, 0.1) is 36.3 Å². The SMILES string of the molecule is C=CC(=O)N1CCN(C2NC(OCC3CCCN3C)NC3C[C@@]4(CCC32)Cc2cccc(Cl)c2S4)CC1CC#N. The second kappa shape index (κ2) is 11.9. The first-order valence-corrected chi connectivity index (χ1v) is 15.9. The van der Waals surface area contributed by atoms with E-state index >= 15 is 0 Å². The minimum Gasteiger partial charge on any atom is -0.348 e. The molecule has 6 rings (SSSR count). The van der Waals surface area contributed by atoms with E-state index in [0.29, 0.717) is 44.1 Å². The van der Waals surface area contributed by atoms with Gasteiger partial charge in [-0.25, -0.2) is 0 Å². The van der Waals surface area contributed by atoms with Gasteiger partial charge in [-0.3, -0.25) is 20.3 Å². The van der Waals surface area contributed by atoms with Gasteiger partial charge in [0.1, 0.15) is 0 Å². The van der Waals surface area contributed by atoms with Crippen molar-refractivity contribution >= 4 is 29.3 Å². The van der Waals surface area contributed by atoms with Crippen LogP contribution in [0.2, 0.25) is 5.02 Å². The van der Waals surface area contributed by atoms with Crippen LogP contribution in [0, 0.1) is 17.2 Å². The van der Waals surface area contributed by atoms with Crippen LogP contribution in [0.15, 0.2) is 35.7 Å². The van der Waals surface area contributed by atoms with Crippen molar-refractivity contribution < 1.29 is 9.53 Å². The molecule has 4 aliphatic heterocycles. The number of hydrogen-bond donors (Lipinski definition) is 2. The molecule has 1 saturated carbocycles. The molecule has 5 aliphatic rings. The van der Waals surface area contributed by atoms with Crippen LogP contribution in [0.1, 0.15) is 44.1 Å². The standard InChI is InChI=1S/C30H41ClN6O2S/c1-3-26(38)37-15-14-36(18-21(37)10-12-32)28-23-9-11-30(16-20-6-4-8-24(31)27(20)40-30)17-25(23)33-29(34-28)39-19-22-7-5-13-35(22)2/h3-4,6,8,21-23,25,28-29,33-34H,1,5,7,9-11,13-19H2,2H3/t21?,22?,23?,25?,28?,29?,30-/m1/s1. The number of amides is 1. The van der Waals surface area contributed by atoms with E-state index in [-0.39, 0.29) is 29.2 Å². The number of benzene rings is 1. The van der Waals surface area contributed by atoms with Gasteiger partial charge in [0, 0.05) is 47.3 Å². The van der Waals surface area contributed by atoms with Crippen LogP contribution >= 0.6 is 23.4 Å². The lowest BCUT2D eigenvalue weighted by Crippen LogP contribution is -2.72. The highest BCUT2D eigenvalue weighted by molar-refractivity contribution is 8.01. The third-order valence-corrected chi connectivity index (χ3v) is 11.9. The van der Waals surface area contributed by atoms with E-state index in [2.05, 4.69) is 52.3 Å². The number of halogens is 1. The van der Waals surface area contributed by atoms with Crippen molar-refractivity contribution in [3.8, 4) is 6.07 Å². The zero-order valence-electron chi connectivity index (χ0n) is 23.4. The summed E-state index contributed by atoms with van der Waals surface area (Å²) in [7, 11) is 2.19. The highest BCUT2D eigenvalue weighted by atomic mass is 35.5. The lowest BCUT2D eigenvalue weighted by Gasteiger charge is -2.55. The Kier molecular flexibility index (Phi) is 8.49. The Morgan fingerprint density at radius 3 is 2.92 bits per heavy atom. The van der Waals surface area contributed by atoms with Crippen molar-refractivity contribution in [1.29, 1.82) is 5.26 Å². The number of carbonyl (C=O) groups excluding carboxylic acids is 1. The van der Waals surface area contributed by atoms with Gasteiger partial charge in [-0.2, -0.15) is 5.26 Å². The number of carbonyl (C=O) groups is 1. The van der Waals surface area contributed by atoms with Crippen molar-refractivity contribution in [2.24, 2.45) is 5.92 Å². The predicted molar refractivity (Wildman–Crippen MR) is 158 cm³/mol. The maximum absolute atomic E-state index is 12.5. The molecule has 6 unspecified atom stereocenters. The Morgan fingerprint density at radius 1 is 1.30 bits per heavy atom. The third kappa shape index (κ3) is 5.57. The molecule has 10 heteroatoms. The summed E-state index contributed by atoms with van der Waals surface area (Å²) in [4.78, 5) is 20.5. The van der Waals surface area contributed by atoms with E-state index in [4.69, 9.17) is 16.3 Å². The maximum Gasteiger partial charge on any atom is 0.246 e. The molecule has 2 N–H and O–H groups in total. The molecular formula is C30H41ClN6O2S. The molecule has 3 saturated heterocycles. The van der Waals surface area contributed by atoms with Crippen molar-refractivity contribution in [2.45, 2.75) is 85.2 Å². The van der Waals surface area contributed by atoms with Gasteiger partial charge in [0.15, 0.2) is 6.35 Å². The zero-order valence-corrected chi connectivity index (χ0v) is 24.9. The van der Waals surface area contributed by atoms with Crippen LogP contribution in [-0.2, 0) is 16.0 Å².